The van der Waals surface area contributed by atoms with Gasteiger partial charge in [-0.25, -0.2) is 4.98 Å². The van der Waals surface area contributed by atoms with Gasteiger partial charge >= 0.3 is 0 Å². The van der Waals surface area contributed by atoms with Gasteiger partial charge in [-0.1, -0.05) is 18.2 Å². The summed E-state index contributed by atoms with van der Waals surface area (Å²) < 4.78 is 0.941. The fourth-order valence-corrected chi connectivity index (χ4v) is 2.38. The summed E-state index contributed by atoms with van der Waals surface area (Å²) in [7, 11) is 0. The molecule has 0 amide bonds. The molecule has 0 unspecified atom stereocenters. The molecular formula is C13H12N6OS2. The van der Waals surface area contributed by atoms with Crippen LogP contribution in [0.5, 0.6) is 0 Å². The van der Waals surface area contributed by atoms with Gasteiger partial charge in [0.25, 0.3) is 5.56 Å². The lowest BCUT2D eigenvalue weighted by molar-refractivity contribution is 0.852. The molecule has 7 nitrogen and oxygen atoms in total. The molecule has 0 bridgehead atoms. The first kappa shape index (κ1) is 15.8. The van der Waals surface area contributed by atoms with Crippen LogP contribution in [0.15, 0.2) is 40.2 Å². The van der Waals surface area contributed by atoms with Gasteiger partial charge in [0.15, 0.2) is 10.7 Å². The van der Waals surface area contributed by atoms with Gasteiger partial charge in [-0.05, 0) is 30.6 Å². The van der Waals surface area contributed by atoms with Gasteiger partial charge in [0.05, 0.1) is 0 Å². The number of benzene rings is 1. The van der Waals surface area contributed by atoms with Crippen LogP contribution in [0.4, 0.5) is 11.6 Å². The van der Waals surface area contributed by atoms with E-state index < -0.39 is 5.56 Å². The van der Waals surface area contributed by atoms with Crippen LogP contribution >= 0.6 is 24.0 Å². The lowest BCUT2D eigenvalue weighted by Gasteiger charge is -2.14. The number of aromatic nitrogens is 2. The van der Waals surface area contributed by atoms with Gasteiger partial charge in [-0.3, -0.25) is 10.2 Å². The largest absolute Gasteiger partial charge is 0.368 e. The second kappa shape index (κ2) is 6.93. The molecule has 4 N–H and O–H groups in total. The maximum Gasteiger partial charge on any atom is 0.293 e. The highest BCUT2D eigenvalue weighted by Gasteiger charge is 2.15. The number of nitrogens with two attached hydrogens (primary N) is 1. The van der Waals surface area contributed by atoms with Crippen LogP contribution in [0.3, 0.4) is 0 Å². The molecule has 0 aliphatic heterocycles. The number of rotatable bonds is 3. The van der Waals surface area contributed by atoms with Crippen LogP contribution in [-0.2, 0) is 0 Å². The summed E-state index contributed by atoms with van der Waals surface area (Å²) in [6.07, 6.45) is 1.71. The Labute approximate surface area is 136 Å². The van der Waals surface area contributed by atoms with Gasteiger partial charge in [0, 0.05) is 5.69 Å². The second-order valence-corrected chi connectivity index (χ2v) is 5.24. The van der Waals surface area contributed by atoms with Crippen molar-refractivity contribution in [3.05, 3.63) is 46.2 Å². The van der Waals surface area contributed by atoms with E-state index in [1.165, 1.54) is 11.8 Å². The van der Waals surface area contributed by atoms with Crippen LogP contribution in [0.1, 0.15) is 5.56 Å². The number of thiocarbonyl (C=S) groups is 1. The van der Waals surface area contributed by atoms with E-state index in [0.29, 0.717) is 0 Å². The fraction of sp³-hybridized carbons (Fsp3) is 0.0769. The molecule has 0 radical (unpaired) electrons. The van der Waals surface area contributed by atoms with E-state index in [1.54, 1.807) is 6.26 Å². The molecule has 0 atom stereocenters. The minimum Gasteiger partial charge on any atom is -0.368 e. The standard InChI is InChI=1S/C13H12N6OS2/c1-22-10-9(7-14)11(20)19(12(15)17-10)18-13(21)16-8-5-3-2-4-6-8/h2-6H,1H3,(H2,15,17)(H2,16,18,21). The summed E-state index contributed by atoms with van der Waals surface area (Å²) in [5.74, 6) is -0.0782. The number of nitriles is 1. The van der Waals surface area contributed by atoms with Gasteiger partial charge in [0.2, 0.25) is 5.95 Å². The molecular weight excluding hydrogens is 320 g/mol. The summed E-state index contributed by atoms with van der Waals surface area (Å²) in [6, 6.07) is 11.0. The minimum absolute atomic E-state index is 0.0782. The molecule has 112 valence electrons. The van der Waals surface area contributed by atoms with Crippen molar-refractivity contribution in [3.8, 4) is 6.07 Å². The Hall–Kier alpha value is -2.57. The van der Waals surface area contributed by atoms with E-state index in [2.05, 4.69) is 15.7 Å². The summed E-state index contributed by atoms with van der Waals surface area (Å²) >= 11 is 6.30. The first-order valence-corrected chi connectivity index (χ1v) is 7.69. The van der Waals surface area contributed by atoms with E-state index in [9.17, 15) is 4.79 Å². The lowest BCUT2D eigenvalue weighted by Crippen LogP contribution is -2.38. The average Bonchev–Trinajstić information content (AvgIpc) is 2.52. The van der Waals surface area contributed by atoms with E-state index in [0.717, 1.165) is 10.4 Å². The number of thioether (sulfide) groups is 1. The molecule has 0 aliphatic carbocycles. The zero-order valence-corrected chi connectivity index (χ0v) is 13.2. The molecule has 0 spiro atoms. The topological polar surface area (TPSA) is 109 Å². The molecule has 0 saturated carbocycles. The van der Waals surface area contributed by atoms with Crippen LogP contribution in [-0.4, -0.2) is 21.0 Å². The molecule has 2 rings (SSSR count). The molecule has 0 aliphatic rings. The van der Waals surface area contributed by atoms with E-state index in [4.69, 9.17) is 23.2 Å². The molecule has 1 heterocycles. The van der Waals surface area contributed by atoms with Crippen molar-refractivity contribution < 1.29 is 0 Å². The number of anilines is 2. The predicted molar refractivity (Wildman–Crippen MR) is 91.4 cm³/mol. The normalized spacial score (nSPS) is 9.82. The number of hydrogen-bond donors (Lipinski definition) is 3. The van der Waals surface area contributed by atoms with Crippen LogP contribution in [0.25, 0.3) is 0 Å². The Bertz CT molecular complexity index is 797. The van der Waals surface area contributed by atoms with Crippen LogP contribution in [0, 0.1) is 11.3 Å². The summed E-state index contributed by atoms with van der Waals surface area (Å²) in [6.45, 7) is 0. The van der Waals surface area contributed by atoms with Crippen molar-refractivity contribution in [2.75, 3.05) is 22.7 Å². The highest BCUT2D eigenvalue weighted by atomic mass is 32.2. The van der Waals surface area contributed by atoms with Crippen molar-refractivity contribution >= 4 is 40.7 Å². The zero-order chi connectivity index (χ0) is 16.1. The Morgan fingerprint density at radius 3 is 2.73 bits per heavy atom. The molecule has 9 heteroatoms. The van der Waals surface area contributed by atoms with E-state index in [-0.39, 0.29) is 21.7 Å². The smallest absolute Gasteiger partial charge is 0.293 e. The third-order valence-corrected chi connectivity index (χ3v) is 3.50. The van der Waals surface area contributed by atoms with Crippen molar-refractivity contribution in [3.63, 3.8) is 0 Å². The first-order chi connectivity index (χ1) is 10.6. The van der Waals surface area contributed by atoms with Crippen molar-refractivity contribution in [2.24, 2.45) is 0 Å². The number of nitrogens with zero attached hydrogens (tertiary/aromatic N) is 3. The van der Waals surface area contributed by atoms with Crippen molar-refractivity contribution in [1.82, 2.24) is 9.66 Å². The average molecular weight is 332 g/mol. The molecule has 0 saturated heterocycles. The molecule has 0 fully saturated rings. The van der Waals surface area contributed by atoms with E-state index >= 15 is 0 Å². The lowest BCUT2D eigenvalue weighted by atomic mass is 10.3. The highest BCUT2D eigenvalue weighted by molar-refractivity contribution is 7.98. The monoisotopic (exact) mass is 332 g/mol. The Morgan fingerprint density at radius 2 is 2.14 bits per heavy atom. The molecule has 1 aromatic heterocycles. The SMILES string of the molecule is CSc1nc(N)n(NC(=S)Nc2ccccc2)c(=O)c1C#N. The van der Waals surface area contributed by atoms with Crippen LogP contribution in [0.2, 0.25) is 0 Å². The number of nitrogen functional groups attached to an aromatic ring is 1. The van der Waals surface area contributed by atoms with Gasteiger partial charge < -0.3 is 11.1 Å². The first-order valence-electron chi connectivity index (χ1n) is 6.06. The zero-order valence-electron chi connectivity index (χ0n) is 11.5. The summed E-state index contributed by atoms with van der Waals surface area (Å²) in [5, 5.41) is 12.4. The third-order valence-electron chi connectivity index (χ3n) is 2.63. The Morgan fingerprint density at radius 1 is 1.45 bits per heavy atom. The van der Waals surface area contributed by atoms with Gasteiger partial charge in [-0.15, -0.1) is 11.8 Å². The Balaban J connectivity index is 2.29. The quantitative estimate of drug-likeness (QED) is 0.439. The van der Waals surface area contributed by atoms with Crippen molar-refractivity contribution in [2.45, 2.75) is 5.03 Å². The fourth-order valence-electron chi connectivity index (χ4n) is 1.65. The summed E-state index contributed by atoms with van der Waals surface area (Å²) in [4.78, 5) is 16.3. The molecule has 1 aromatic carbocycles. The third kappa shape index (κ3) is 3.36. The predicted octanol–water partition coefficient (Wildman–Crippen LogP) is 1.36. The summed E-state index contributed by atoms with van der Waals surface area (Å²) in [5.41, 5.74) is 8.44. The number of hydrogen-bond acceptors (Lipinski definition) is 6. The highest BCUT2D eigenvalue weighted by Crippen LogP contribution is 2.14. The maximum absolute atomic E-state index is 12.2. The molecule has 22 heavy (non-hydrogen) atoms. The second-order valence-electron chi connectivity index (χ2n) is 4.04. The van der Waals surface area contributed by atoms with Crippen molar-refractivity contribution in [1.29, 1.82) is 5.26 Å². The number of para-hydroxylation sites is 1. The maximum atomic E-state index is 12.2. The van der Waals surface area contributed by atoms with Gasteiger partial charge in [-0.2, -0.15) is 9.94 Å². The number of nitrogens with one attached hydrogen (secondary N) is 2. The van der Waals surface area contributed by atoms with Crippen LogP contribution < -0.4 is 22.0 Å². The Kier molecular flexibility index (Phi) is 4.98. The van der Waals surface area contributed by atoms with E-state index in [1.807, 2.05) is 36.4 Å². The minimum atomic E-state index is -0.600. The molecule has 2 aromatic rings. The van der Waals surface area contributed by atoms with Gasteiger partial charge in [0.1, 0.15) is 11.1 Å².